The first kappa shape index (κ1) is 16.0. The molecule has 2 N–H and O–H groups in total. The van der Waals surface area contributed by atoms with Gasteiger partial charge in [-0.3, -0.25) is 19.5 Å². The Morgan fingerprint density at radius 1 is 1.20 bits per heavy atom. The molecule has 1 aromatic carbocycles. The smallest absolute Gasteiger partial charge is 0.248 e. The number of aliphatic hydroxyl groups is 1. The van der Waals surface area contributed by atoms with E-state index in [1.807, 2.05) is 24.3 Å². The van der Waals surface area contributed by atoms with Gasteiger partial charge in [-0.15, -0.1) is 0 Å². The van der Waals surface area contributed by atoms with Crippen molar-refractivity contribution in [3.8, 4) is 0 Å². The van der Waals surface area contributed by atoms with Crippen LogP contribution >= 0.6 is 0 Å². The molecule has 2 aliphatic rings. The van der Waals surface area contributed by atoms with Crippen LogP contribution in [0.4, 0.5) is 0 Å². The number of hydrogen-bond acceptors (Lipinski definition) is 5. The summed E-state index contributed by atoms with van der Waals surface area (Å²) in [6.45, 7) is 1.99. The number of aromatic nitrogens is 1. The van der Waals surface area contributed by atoms with E-state index in [-0.39, 0.29) is 18.4 Å². The number of hydrogen-bond donors (Lipinski definition) is 2. The molecule has 2 fully saturated rings. The number of nitrogens with one attached hydrogen (secondary N) is 1. The second-order valence-corrected chi connectivity index (χ2v) is 6.52. The van der Waals surface area contributed by atoms with Gasteiger partial charge in [0.25, 0.3) is 0 Å². The third kappa shape index (κ3) is 2.85. The van der Waals surface area contributed by atoms with Crippen LogP contribution in [0.1, 0.15) is 5.56 Å². The highest BCUT2D eigenvalue weighted by Gasteiger charge is 2.43. The number of amides is 2. The van der Waals surface area contributed by atoms with E-state index in [2.05, 4.69) is 21.3 Å². The molecular formula is C18H20N4O3. The highest BCUT2D eigenvalue weighted by Crippen LogP contribution is 2.21. The molecule has 25 heavy (non-hydrogen) atoms. The second kappa shape index (κ2) is 6.42. The molecule has 0 aliphatic carbocycles. The Labute approximate surface area is 145 Å². The predicted octanol–water partition coefficient (Wildman–Crippen LogP) is -0.262. The van der Waals surface area contributed by atoms with Gasteiger partial charge in [-0.1, -0.05) is 24.3 Å². The fourth-order valence-electron chi connectivity index (χ4n) is 3.66. The van der Waals surface area contributed by atoms with E-state index in [1.54, 1.807) is 11.1 Å². The van der Waals surface area contributed by atoms with Crippen molar-refractivity contribution in [1.82, 2.24) is 20.1 Å². The number of fused-ring (bicyclic) bond motifs is 2. The number of carbonyl (C=O) groups excluding carboxylic acids is 2. The Bertz CT molecular complexity index is 820. The van der Waals surface area contributed by atoms with Gasteiger partial charge < -0.3 is 15.3 Å². The lowest BCUT2D eigenvalue weighted by molar-refractivity contribution is -0.154. The SMILES string of the molecule is O=C1N[C@@H](CO)C(=O)N2CCN(Cc3cccc4cccnc34)C[C@H]12. The largest absolute Gasteiger partial charge is 0.394 e. The summed E-state index contributed by atoms with van der Waals surface area (Å²) < 4.78 is 0. The van der Waals surface area contributed by atoms with Gasteiger partial charge in [0.15, 0.2) is 0 Å². The summed E-state index contributed by atoms with van der Waals surface area (Å²) in [5.41, 5.74) is 2.08. The molecule has 0 spiro atoms. The van der Waals surface area contributed by atoms with Crippen molar-refractivity contribution in [2.24, 2.45) is 0 Å². The monoisotopic (exact) mass is 340 g/mol. The van der Waals surface area contributed by atoms with E-state index in [9.17, 15) is 14.7 Å². The average molecular weight is 340 g/mol. The van der Waals surface area contributed by atoms with Crippen LogP contribution in [0.2, 0.25) is 0 Å². The maximum atomic E-state index is 12.3. The van der Waals surface area contributed by atoms with E-state index in [0.29, 0.717) is 26.2 Å². The van der Waals surface area contributed by atoms with Crippen molar-refractivity contribution in [2.45, 2.75) is 18.6 Å². The minimum absolute atomic E-state index is 0.195. The fraction of sp³-hybridized carbons (Fsp3) is 0.389. The lowest BCUT2D eigenvalue weighted by Crippen LogP contribution is -2.69. The van der Waals surface area contributed by atoms with Crippen LogP contribution in [0, 0.1) is 0 Å². The minimum atomic E-state index is -0.808. The van der Waals surface area contributed by atoms with Gasteiger partial charge in [0, 0.05) is 37.8 Å². The molecule has 0 radical (unpaired) electrons. The summed E-state index contributed by atoms with van der Waals surface area (Å²) in [4.78, 5) is 32.8. The zero-order valence-electron chi connectivity index (χ0n) is 13.8. The van der Waals surface area contributed by atoms with Crippen LogP contribution in [0.25, 0.3) is 10.9 Å². The molecule has 2 aliphatic heterocycles. The number of piperazine rings is 2. The molecule has 7 heteroatoms. The Morgan fingerprint density at radius 3 is 2.88 bits per heavy atom. The van der Waals surface area contributed by atoms with E-state index < -0.39 is 12.1 Å². The number of benzene rings is 1. The lowest BCUT2D eigenvalue weighted by atomic mass is 10.0. The van der Waals surface area contributed by atoms with Crippen LogP contribution in [0.3, 0.4) is 0 Å². The standard InChI is InChI=1S/C18H20N4O3/c23-11-14-18(25)22-8-7-21(10-15(22)17(24)20-14)9-13-4-1-3-12-5-2-6-19-16(12)13/h1-6,14-15,23H,7-11H2,(H,20,24)/t14-,15+/m0/s1. The van der Waals surface area contributed by atoms with Crippen LogP contribution < -0.4 is 5.32 Å². The van der Waals surface area contributed by atoms with Crippen LogP contribution in [-0.2, 0) is 16.1 Å². The molecule has 2 saturated heterocycles. The summed E-state index contributed by atoms with van der Waals surface area (Å²) in [5.74, 6) is -0.391. The molecule has 2 aromatic rings. The third-order valence-corrected chi connectivity index (χ3v) is 4.96. The fourth-order valence-corrected chi connectivity index (χ4v) is 3.66. The Balaban J connectivity index is 1.53. The first-order valence-electron chi connectivity index (χ1n) is 8.44. The number of pyridine rings is 1. The summed E-state index contributed by atoms with van der Waals surface area (Å²) in [6, 6.07) is 8.75. The van der Waals surface area contributed by atoms with Gasteiger partial charge in [0.2, 0.25) is 11.8 Å². The summed E-state index contributed by atoms with van der Waals surface area (Å²) >= 11 is 0. The van der Waals surface area contributed by atoms with Gasteiger partial charge >= 0.3 is 0 Å². The molecule has 3 heterocycles. The molecule has 0 saturated carbocycles. The molecule has 0 unspecified atom stereocenters. The van der Waals surface area contributed by atoms with Crippen molar-refractivity contribution in [1.29, 1.82) is 0 Å². The topological polar surface area (TPSA) is 85.8 Å². The lowest BCUT2D eigenvalue weighted by Gasteiger charge is -2.45. The average Bonchev–Trinajstić information content (AvgIpc) is 2.65. The van der Waals surface area contributed by atoms with Gasteiger partial charge in [-0.25, -0.2) is 0 Å². The van der Waals surface area contributed by atoms with E-state index in [0.717, 1.165) is 16.5 Å². The highest BCUT2D eigenvalue weighted by molar-refractivity contribution is 5.97. The van der Waals surface area contributed by atoms with Crippen LogP contribution in [0.5, 0.6) is 0 Å². The number of nitrogens with zero attached hydrogens (tertiary/aromatic N) is 3. The summed E-state index contributed by atoms with van der Waals surface area (Å²) in [7, 11) is 0. The Morgan fingerprint density at radius 2 is 2.04 bits per heavy atom. The van der Waals surface area contributed by atoms with Crippen molar-refractivity contribution in [3.05, 3.63) is 42.1 Å². The number of para-hydroxylation sites is 1. The first-order valence-corrected chi connectivity index (χ1v) is 8.44. The number of carbonyl (C=O) groups is 2. The molecular weight excluding hydrogens is 320 g/mol. The highest BCUT2D eigenvalue weighted by atomic mass is 16.3. The first-order chi connectivity index (χ1) is 12.2. The molecule has 2 amide bonds. The maximum Gasteiger partial charge on any atom is 0.248 e. The normalized spacial score (nSPS) is 24.3. The van der Waals surface area contributed by atoms with E-state index in [1.165, 1.54) is 0 Å². The second-order valence-electron chi connectivity index (χ2n) is 6.52. The van der Waals surface area contributed by atoms with Gasteiger partial charge in [0.1, 0.15) is 12.1 Å². The number of aliphatic hydroxyl groups excluding tert-OH is 1. The molecule has 4 rings (SSSR count). The van der Waals surface area contributed by atoms with Gasteiger partial charge in [0.05, 0.1) is 12.1 Å². The molecule has 1 aromatic heterocycles. The van der Waals surface area contributed by atoms with Crippen molar-refractivity contribution in [3.63, 3.8) is 0 Å². The van der Waals surface area contributed by atoms with Crippen molar-refractivity contribution < 1.29 is 14.7 Å². The zero-order chi connectivity index (χ0) is 17.4. The molecule has 130 valence electrons. The quantitative estimate of drug-likeness (QED) is 0.804. The summed E-state index contributed by atoms with van der Waals surface area (Å²) in [6.07, 6.45) is 1.78. The van der Waals surface area contributed by atoms with E-state index >= 15 is 0 Å². The predicted molar refractivity (Wildman–Crippen MR) is 91.5 cm³/mol. The zero-order valence-corrected chi connectivity index (χ0v) is 13.8. The minimum Gasteiger partial charge on any atom is -0.394 e. The molecule has 7 nitrogen and oxygen atoms in total. The van der Waals surface area contributed by atoms with E-state index in [4.69, 9.17) is 0 Å². The van der Waals surface area contributed by atoms with Crippen molar-refractivity contribution in [2.75, 3.05) is 26.2 Å². The molecule has 0 bridgehead atoms. The Hall–Kier alpha value is -2.51. The Kier molecular flexibility index (Phi) is 4.10. The molecule has 2 atom stereocenters. The van der Waals surface area contributed by atoms with Crippen LogP contribution in [-0.4, -0.2) is 70.0 Å². The summed E-state index contributed by atoms with van der Waals surface area (Å²) in [5, 5.41) is 12.9. The number of rotatable bonds is 3. The van der Waals surface area contributed by atoms with Crippen LogP contribution in [0.15, 0.2) is 36.5 Å². The van der Waals surface area contributed by atoms with Gasteiger partial charge in [-0.05, 0) is 11.6 Å². The third-order valence-electron chi connectivity index (χ3n) is 4.96. The van der Waals surface area contributed by atoms with Gasteiger partial charge in [-0.2, -0.15) is 0 Å². The maximum absolute atomic E-state index is 12.3. The van der Waals surface area contributed by atoms with Crippen molar-refractivity contribution >= 4 is 22.7 Å².